The third-order valence-corrected chi connectivity index (χ3v) is 4.31. The summed E-state index contributed by atoms with van der Waals surface area (Å²) in [4.78, 5) is 17.1. The molecule has 1 N–H and O–H groups in total. The average Bonchev–Trinajstić information content (AvgIpc) is 3.19. The Bertz CT molecular complexity index is 743. The van der Waals surface area contributed by atoms with E-state index in [1.54, 1.807) is 6.20 Å². The predicted octanol–water partition coefficient (Wildman–Crippen LogP) is 3.25. The number of nitrogens with one attached hydrogen (secondary N) is 1. The van der Waals surface area contributed by atoms with Gasteiger partial charge in [0.05, 0.1) is 0 Å². The van der Waals surface area contributed by atoms with Crippen LogP contribution < -0.4 is 0 Å². The van der Waals surface area contributed by atoms with E-state index in [0.29, 0.717) is 0 Å². The molecule has 2 aromatic rings. The fourth-order valence-corrected chi connectivity index (χ4v) is 3.03. The van der Waals surface area contributed by atoms with E-state index in [1.807, 2.05) is 58.1 Å². The summed E-state index contributed by atoms with van der Waals surface area (Å²) in [6.45, 7) is 16.6. The van der Waals surface area contributed by atoms with E-state index in [1.165, 1.54) is 0 Å². The molecule has 3 rings (SSSR count). The summed E-state index contributed by atoms with van der Waals surface area (Å²) in [5, 5.41) is 0. The van der Waals surface area contributed by atoms with Gasteiger partial charge in [0.2, 0.25) is 0 Å². The van der Waals surface area contributed by atoms with Crippen molar-refractivity contribution in [2.75, 3.05) is 26.2 Å². The van der Waals surface area contributed by atoms with Crippen LogP contribution in [-0.2, 0) is 6.54 Å². The van der Waals surface area contributed by atoms with Crippen molar-refractivity contribution in [1.82, 2.24) is 19.8 Å². The van der Waals surface area contributed by atoms with Gasteiger partial charge < -0.3 is 0 Å². The first-order valence-electron chi connectivity index (χ1n) is 9.68. The summed E-state index contributed by atoms with van der Waals surface area (Å²) in [6, 6.07) is 10.2. The molecule has 1 saturated heterocycles. The van der Waals surface area contributed by atoms with Gasteiger partial charge in [0.15, 0.2) is 0 Å². The summed E-state index contributed by atoms with van der Waals surface area (Å²) in [7, 11) is 0. The minimum absolute atomic E-state index is 0.894. The molecule has 27 heavy (non-hydrogen) atoms. The number of aliphatic imine (C=N–C) groups is 1. The Morgan fingerprint density at radius 3 is 2.56 bits per heavy atom. The van der Waals surface area contributed by atoms with Gasteiger partial charge in [0, 0.05) is 0 Å². The first-order valence-corrected chi connectivity index (χ1v) is 9.68. The van der Waals surface area contributed by atoms with Crippen LogP contribution in [0.4, 0.5) is 0 Å². The zero-order valence-electron chi connectivity index (χ0n) is 16.7. The molecule has 0 radical (unpaired) electrons. The van der Waals surface area contributed by atoms with Crippen LogP contribution in [0.2, 0.25) is 0 Å². The normalized spacial score (nSPS) is 15.2. The maximum Gasteiger partial charge on any atom is -0.0683 e. The van der Waals surface area contributed by atoms with E-state index >= 15 is 0 Å². The molecule has 1 fully saturated rings. The molecule has 0 spiro atoms. The van der Waals surface area contributed by atoms with Gasteiger partial charge in [-0.2, -0.15) is 0 Å². The molecule has 1 aromatic heterocycles. The fraction of sp³-hybridized carbons (Fsp3) is 0.381. The molecule has 1 aliphatic rings. The first-order chi connectivity index (χ1) is 13.3. The smallest absolute Gasteiger partial charge is 0.0683 e. The van der Waals surface area contributed by atoms with Gasteiger partial charge in [-0.15, -0.1) is 0 Å². The van der Waals surface area contributed by atoms with Crippen molar-refractivity contribution in [3.63, 3.8) is 0 Å². The molecule has 0 aliphatic carbocycles. The van der Waals surface area contributed by atoms with Crippen molar-refractivity contribution in [2.24, 2.45) is 4.99 Å². The number of piperazine rings is 1. The van der Waals surface area contributed by atoms with Crippen LogP contribution in [0.1, 0.15) is 26.5 Å². The Balaban J connectivity index is 0.00000126. The minimum atomic E-state index is 0.894. The van der Waals surface area contributed by atoms with Crippen LogP contribution in [0, 0.1) is 0 Å². The number of benzene rings is 1. The van der Waals surface area contributed by atoms with E-state index in [-0.39, 0.29) is 0 Å². The largest absolute Gasteiger partial charge is 0.0683 e. The van der Waals surface area contributed by atoms with E-state index in [0.717, 1.165) is 55.5 Å². The number of amidine groups is 1. The Morgan fingerprint density at radius 2 is 1.93 bits per heavy atom. The zero-order chi connectivity index (χ0) is 19.5. The summed E-state index contributed by atoms with van der Waals surface area (Å²) < 4.78 is 0. The van der Waals surface area contributed by atoms with Crippen LogP contribution in [0.5, 0.6) is 0 Å². The Hall–Kier alpha value is -2.47. The molecule has 1 aromatic carbocycles. The van der Waals surface area contributed by atoms with Crippen molar-refractivity contribution in [1.29, 1.82) is 0 Å². The van der Waals surface area contributed by atoms with Gasteiger partial charge in [0.25, 0.3) is 0 Å². The van der Waals surface area contributed by atoms with Gasteiger partial charge in [-0.3, -0.25) is 0 Å². The van der Waals surface area contributed by atoms with Crippen LogP contribution in [0.25, 0.3) is 11.4 Å². The molecule has 142 valence electrons. The van der Waals surface area contributed by atoms with Gasteiger partial charge in [-0.05, 0) is 0 Å². The van der Waals surface area contributed by atoms with E-state index < -0.39 is 0 Å². The van der Waals surface area contributed by atoms with E-state index in [4.69, 9.17) is 0 Å². The Labute approximate surface area is 163 Å². The number of H-pyrrole nitrogens is 1. The van der Waals surface area contributed by atoms with Crippen LogP contribution >= 0.6 is 0 Å². The van der Waals surface area contributed by atoms with Gasteiger partial charge in [-0.1, -0.05) is 19.9 Å². The van der Waals surface area contributed by atoms with Crippen LogP contribution in [0.3, 0.4) is 0 Å². The number of rotatable bonds is 5. The van der Waals surface area contributed by atoms with Crippen molar-refractivity contribution in [3.8, 4) is 11.4 Å². The number of nitrogens with zero attached hydrogens (tertiary/aromatic N) is 4. The first kappa shape index (κ1) is 20.8. The molecule has 0 bridgehead atoms. The SMILES string of the molecule is C=CN=C(B=CC)N1CCN(Cc2cnc(-c3ccccc3)[nH]2)CC1.CC. The second kappa shape index (κ2) is 11.3. The molecule has 0 amide bonds. The van der Waals surface area contributed by atoms with Crippen molar-refractivity contribution in [3.05, 3.63) is 55.0 Å². The molecule has 5 nitrogen and oxygen atoms in total. The molecule has 0 saturated carbocycles. The van der Waals surface area contributed by atoms with Crippen molar-refractivity contribution >= 4 is 18.6 Å². The topological polar surface area (TPSA) is 47.5 Å². The summed E-state index contributed by atoms with van der Waals surface area (Å²) >= 11 is 0. The number of imidazole rings is 1. The summed E-state index contributed by atoms with van der Waals surface area (Å²) in [5.74, 6) is 2.95. The van der Waals surface area contributed by atoms with Crippen LogP contribution in [0.15, 0.2) is 54.3 Å². The quantitative estimate of drug-likeness (QED) is 0.504. The van der Waals surface area contributed by atoms with Gasteiger partial charge >= 0.3 is 143 Å². The average molecular weight is 363 g/mol. The molecule has 0 unspecified atom stereocenters. The molecule has 1 aliphatic heterocycles. The number of hydrogen-bond donors (Lipinski definition) is 1. The summed E-state index contributed by atoms with van der Waals surface area (Å²) in [5.41, 5.74) is 3.26. The third-order valence-electron chi connectivity index (χ3n) is 4.31. The molecular weight excluding hydrogens is 333 g/mol. The van der Waals surface area contributed by atoms with Crippen LogP contribution in [-0.4, -0.2) is 64.6 Å². The van der Waals surface area contributed by atoms with Gasteiger partial charge in [-0.25, -0.2) is 0 Å². The number of aromatic nitrogens is 2. The molecule has 2 heterocycles. The summed E-state index contributed by atoms with van der Waals surface area (Å²) in [6.07, 6.45) is 3.55. The fourth-order valence-electron chi connectivity index (χ4n) is 3.03. The minimum Gasteiger partial charge on any atom is -0.0683 e. The van der Waals surface area contributed by atoms with E-state index in [2.05, 4.69) is 43.5 Å². The van der Waals surface area contributed by atoms with E-state index in [9.17, 15) is 0 Å². The number of hydrogen-bond acceptors (Lipinski definition) is 3. The van der Waals surface area contributed by atoms with Crippen molar-refractivity contribution < 1.29 is 0 Å². The van der Waals surface area contributed by atoms with Gasteiger partial charge in [0.1, 0.15) is 0 Å². The molecule has 6 heteroatoms. The number of aromatic amines is 1. The predicted molar refractivity (Wildman–Crippen MR) is 117 cm³/mol. The maximum atomic E-state index is 4.51. The van der Waals surface area contributed by atoms with Crippen molar-refractivity contribution in [2.45, 2.75) is 27.3 Å². The third kappa shape index (κ3) is 6.03. The Morgan fingerprint density at radius 1 is 1.22 bits per heavy atom. The monoisotopic (exact) mass is 363 g/mol. The zero-order valence-corrected chi connectivity index (χ0v) is 16.7. The second-order valence-electron chi connectivity index (χ2n) is 6.06. The molecule has 0 atom stereocenters. The maximum absolute atomic E-state index is 4.51. The second-order valence-corrected chi connectivity index (χ2v) is 6.06. The Kier molecular flexibility index (Phi) is 8.72. The molecular formula is C21H30BN5. The standard InChI is InChI=1S/C19H24BN5.C2H6/c1-3-20-19(21-4-2)25-12-10-24(11-13-25)15-17-14-22-18(23-17)16-8-6-5-7-9-16;1-2/h3-9,14H,2,10-13,15H2,1H3,(H,22,23);1-2H3.